The maximum Gasteiger partial charge on any atom is 0.310 e. The molecule has 0 saturated carbocycles. The number of carbonyl (C=O) groups is 2. The number of aliphatic carboxylic acids is 1. The van der Waals surface area contributed by atoms with Gasteiger partial charge in [0, 0.05) is 6.54 Å². The van der Waals surface area contributed by atoms with Crippen LogP contribution in [0.2, 0.25) is 0 Å². The van der Waals surface area contributed by atoms with Crippen molar-refractivity contribution in [1.29, 1.82) is 0 Å². The van der Waals surface area contributed by atoms with Gasteiger partial charge in [0.15, 0.2) is 0 Å². The smallest absolute Gasteiger partial charge is 0.310 e. The normalized spacial score (nSPS) is 11.2. The quantitative estimate of drug-likeness (QED) is 0.722. The van der Waals surface area contributed by atoms with E-state index in [2.05, 4.69) is 15.5 Å². The lowest BCUT2D eigenvalue weighted by atomic mass is 9.94. The molecule has 19 heavy (non-hydrogen) atoms. The van der Waals surface area contributed by atoms with E-state index in [1.807, 2.05) is 0 Å². The average molecular weight is 267 g/mol. The summed E-state index contributed by atoms with van der Waals surface area (Å²) in [4.78, 5) is 34.5. The van der Waals surface area contributed by atoms with E-state index >= 15 is 0 Å². The van der Waals surface area contributed by atoms with E-state index in [0.29, 0.717) is 11.3 Å². The number of carboxylic acids is 1. The number of carboxylic acid groups (broad SMARTS) is 1. The van der Waals surface area contributed by atoms with Crippen molar-refractivity contribution in [1.82, 2.24) is 15.5 Å². The van der Waals surface area contributed by atoms with Gasteiger partial charge in [-0.15, -0.1) is 0 Å². The molecule has 0 atom stereocenters. The molecule has 0 bridgehead atoms. The van der Waals surface area contributed by atoms with Gasteiger partial charge in [-0.1, -0.05) is 0 Å². The number of hydrogen-bond donors (Lipinski definition) is 3. The van der Waals surface area contributed by atoms with Gasteiger partial charge in [-0.25, -0.2) is 5.10 Å². The van der Waals surface area contributed by atoms with Gasteiger partial charge in [-0.2, -0.15) is 5.10 Å². The minimum atomic E-state index is -1.10. The van der Waals surface area contributed by atoms with Crippen LogP contribution < -0.4 is 10.9 Å². The molecule has 7 nitrogen and oxygen atoms in total. The fraction of sp³-hybridized carbons (Fsp3) is 0.500. The van der Waals surface area contributed by atoms with E-state index in [1.54, 1.807) is 13.8 Å². The number of amides is 1. The van der Waals surface area contributed by atoms with Crippen molar-refractivity contribution in [3.63, 3.8) is 0 Å². The molecule has 1 aromatic heterocycles. The van der Waals surface area contributed by atoms with Crippen LogP contribution in [0.25, 0.3) is 0 Å². The summed E-state index contributed by atoms with van der Waals surface area (Å²) in [5, 5.41) is 17.4. The Morgan fingerprint density at radius 3 is 2.47 bits per heavy atom. The Morgan fingerprint density at radius 2 is 1.95 bits per heavy atom. The SMILES string of the molecule is Cc1n[nH]c(=O)c(C(=O)NCC(C)(C)C(=O)O)c1C. The molecule has 0 aliphatic rings. The zero-order valence-corrected chi connectivity index (χ0v) is 11.3. The number of H-pyrrole nitrogens is 1. The molecule has 7 heteroatoms. The standard InChI is InChI=1S/C12H17N3O4/c1-6-7(2)14-15-10(17)8(6)9(16)13-5-12(3,4)11(18)19/h5H2,1-4H3,(H,13,16)(H,15,17)(H,18,19). The van der Waals surface area contributed by atoms with Crippen molar-refractivity contribution in [2.75, 3.05) is 6.54 Å². The lowest BCUT2D eigenvalue weighted by Gasteiger charge is -2.19. The lowest BCUT2D eigenvalue weighted by Crippen LogP contribution is -2.41. The number of aromatic amines is 1. The van der Waals surface area contributed by atoms with Crippen molar-refractivity contribution < 1.29 is 14.7 Å². The predicted molar refractivity (Wildman–Crippen MR) is 68.1 cm³/mol. The number of aromatic nitrogens is 2. The molecule has 0 unspecified atom stereocenters. The predicted octanol–water partition coefficient (Wildman–Crippen LogP) is 0.227. The largest absolute Gasteiger partial charge is 0.481 e. The number of carbonyl (C=O) groups excluding carboxylic acids is 1. The maximum atomic E-state index is 12.0. The van der Waals surface area contributed by atoms with Gasteiger partial charge in [0.25, 0.3) is 11.5 Å². The molecule has 0 fully saturated rings. The van der Waals surface area contributed by atoms with Gasteiger partial charge in [0.1, 0.15) is 5.56 Å². The summed E-state index contributed by atoms with van der Waals surface area (Å²) in [5.74, 6) is -1.62. The Labute approximate surface area is 110 Å². The van der Waals surface area contributed by atoms with Crippen LogP contribution in [-0.4, -0.2) is 33.7 Å². The lowest BCUT2D eigenvalue weighted by molar-refractivity contribution is -0.146. The van der Waals surface area contributed by atoms with Crippen LogP contribution >= 0.6 is 0 Å². The zero-order chi connectivity index (χ0) is 14.8. The van der Waals surface area contributed by atoms with E-state index in [1.165, 1.54) is 13.8 Å². The van der Waals surface area contributed by atoms with Crippen molar-refractivity contribution >= 4 is 11.9 Å². The molecule has 1 aromatic rings. The molecule has 1 heterocycles. The Bertz CT molecular complexity index is 575. The molecule has 0 spiro atoms. The highest BCUT2D eigenvalue weighted by atomic mass is 16.4. The molecule has 1 rings (SSSR count). The first-order valence-electron chi connectivity index (χ1n) is 5.74. The third-order valence-electron chi connectivity index (χ3n) is 2.97. The van der Waals surface area contributed by atoms with E-state index in [4.69, 9.17) is 5.11 Å². The molecule has 3 N–H and O–H groups in total. The summed E-state index contributed by atoms with van der Waals surface area (Å²) in [6.07, 6.45) is 0. The number of rotatable bonds is 4. The van der Waals surface area contributed by atoms with Crippen molar-refractivity contribution in [3.05, 3.63) is 27.2 Å². The first-order valence-corrected chi connectivity index (χ1v) is 5.74. The van der Waals surface area contributed by atoms with Crippen LogP contribution in [0.3, 0.4) is 0 Å². The van der Waals surface area contributed by atoms with Gasteiger partial charge >= 0.3 is 5.97 Å². The van der Waals surface area contributed by atoms with Gasteiger partial charge in [-0.3, -0.25) is 14.4 Å². The van der Waals surface area contributed by atoms with E-state index < -0.39 is 22.9 Å². The highest BCUT2D eigenvalue weighted by Gasteiger charge is 2.28. The van der Waals surface area contributed by atoms with Crippen LogP contribution in [0.15, 0.2) is 4.79 Å². The number of aryl methyl sites for hydroxylation is 1. The van der Waals surface area contributed by atoms with E-state index in [-0.39, 0.29) is 12.1 Å². The summed E-state index contributed by atoms with van der Waals surface area (Å²) in [7, 11) is 0. The van der Waals surface area contributed by atoms with E-state index in [9.17, 15) is 14.4 Å². The Hall–Kier alpha value is -2.18. The molecule has 1 amide bonds. The van der Waals surface area contributed by atoms with Gasteiger partial charge in [0.2, 0.25) is 0 Å². The second kappa shape index (κ2) is 5.21. The summed E-state index contributed by atoms with van der Waals surface area (Å²) in [5.41, 5.74) is -0.697. The molecular weight excluding hydrogens is 250 g/mol. The fourth-order valence-corrected chi connectivity index (χ4v) is 1.36. The minimum absolute atomic E-state index is 0.0336. The van der Waals surface area contributed by atoms with Crippen molar-refractivity contribution in [2.45, 2.75) is 27.7 Å². The molecule has 0 aliphatic carbocycles. The molecule has 0 aromatic carbocycles. The number of nitrogens with one attached hydrogen (secondary N) is 2. The van der Waals surface area contributed by atoms with Crippen LogP contribution in [0.4, 0.5) is 0 Å². The van der Waals surface area contributed by atoms with Crippen LogP contribution in [-0.2, 0) is 4.79 Å². The second-order valence-electron chi connectivity index (χ2n) is 5.01. The molecule has 0 radical (unpaired) electrons. The second-order valence-corrected chi connectivity index (χ2v) is 5.01. The topological polar surface area (TPSA) is 112 Å². The highest BCUT2D eigenvalue weighted by Crippen LogP contribution is 2.13. The Morgan fingerprint density at radius 1 is 1.37 bits per heavy atom. The van der Waals surface area contributed by atoms with E-state index in [0.717, 1.165) is 0 Å². The molecule has 104 valence electrons. The molecular formula is C12H17N3O4. The Balaban J connectivity index is 2.95. The first kappa shape index (κ1) is 14.9. The van der Waals surface area contributed by atoms with Gasteiger partial charge in [-0.05, 0) is 33.3 Å². The first-order chi connectivity index (χ1) is 8.66. The average Bonchev–Trinajstić information content (AvgIpc) is 2.32. The summed E-state index contributed by atoms with van der Waals surface area (Å²) in [6, 6.07) is 0. The number of nitrogens with zero attached hydrogens (tertiary/aromatic N) is 1. The number of hydrogen-bond acceptors (Lipinski definition) is 4. The third kappa shape index (κ3) is 3.18. The summed E-state index contributed by atoms with van der Waals surface area (Å²) < 4.78 is 0. The minimum Gasteiger partial charge on any atom is -0.481 e. The Kier molecular flexibility index (Phi) is 4.08. The highest BCUT2D eigenvalue weighted by molar-refractivity contribution is 5.95. The van der Waals surface area contributed by atoms with Crippen LogP contribution in [0, 0.1) is 19.3 Å². The fourth-order valence-electron chi connectivity index (χ4n) is 1.36. The van der Waals surface area contributed by atoms with Crippen molar-refractivity contribution in [3.8, 4) is 0 Å². The molecule has 0 aliphatic heterocycles. The maximum absolute atomic E-state index is 12.0. The monoisotopic (exact) mass is 267 g/mol. The molecule has 0 saturated heterocycles. The summed E-state index contributed by atoms with van der Waals surface area (Å²) in [6.45, 7) is 6.20. The van der Waals surface area contributed by atoms with Gasteiger partial charge < -0.3 is 10.4 Å². The van der Waals surface area contributed by atoms with Crippen LogP contribution in [0.1, 0.15) is 35.5 Å². The van der Waals surface area contributed by atoms with Crippen molar-refractivity contribution in [2.24, 2.45) is 5.41 Å². The third-order valence-corrected chi connectivity index (χ3v) is 2.97. The summed E-state index contributed by atoms with van der Waals surface area (Å²) >= 11 is 0. The van der Waals surface area contributed by atoms with Gasteiger partial charge in [0.05, 0.1) is 11.1 Å². The zero-order valence-electron chi connectivity index (χ0n) is 11.3. The van der Waals surface area contributed by atoms with Crippen LogP contribution in [0.5, 0.6) is 0 Å².